The lowest BCUT2D eigenvalue weighted by Gasteiger charge is -2.00. The molecule has 0 radical (unpaired) electrons. The number of nitriles is 1. The third-order valence-electron chi connectivity index (χ3n) is 3.08. The third-order valence-corrected chi connectivity index (χ3v) is 3.96. The van der Waals surface area contributed by atoms with Gasteiger partial charge in [0.15, 0.2) is 0 Å². The van der Waals surface area contributed by atoms with E-state index >= 15 is 0 Å². The molecule has 2 aromatic carbocycles. The van der Waals surface area contributed by atoms with Crippen LogP contribution in [0.4, 0.5) is 5.69 Å². The summed E-state index contributed by atoms with van der Waals surface area (Å²) < 4.78 is 0. The number of anilines is 1. The molecule has 0 saturated heterocycles. The third kappa shape index (κ3) is 3.22. The summed E-state index contributed by atoms with van der Waals surface area (Å²) >= 11 is 1.47. The van der Waals surface area contributed by atoms with Crippen molar-refractivity contribution in [1.29, 1.82) is 5.26 Å². The number of aromatic nitrogens is 1. The molecule has 0 spiro atoms. The van der Waals surface area contributed by atoms with Crippen LogP contribution in [0.25, 0.3) is 16.8 Å². The lowest BCUT2D eigenvalue weighted by molar-refractivity contribution is 1.36. The van der Waals surface area contributed by atoms with E-state index in [1.807, 2.05) is 66.0 Å². The van der Waals surface area contributed by atoms with Gasteiger partial charge in [-0.1, -0.05) is 48.5 Å². The van der Waals surface area contributed by atoms with Crippen molar-refractivity contribution in [3.8, 4) is 17.3 Å². The molecule has 1 N–H and O–H groups in total. The molecule has 0 aliphatic rings. The van der Waals surface area contributed by atoms with Gasteiger partial charge in [-0.2, -0.15) is 5.26 Å². The maximum absolute atomic E-state index is 9.35. The lowest BCUT2D eigenvalue weighted by atomic mass is 10.2. The van der Waals surface area contributed by atoms with Crippen molar-refractivity contribution in [3.05, 3.63) is 77.3 Å². The molecular weight excluding hydrogens is 290 g/mol. The van der Waals surface area contributed by atoms with Gasteiger partial charge in [0.2, 0.25) is 0 Å². The number of nitrogens with one attached hydrogen (secondary N) is 1. The molecule has 0 amide bonds. The minimum Gasteiger partial charge on any atom is -0.360 e. The SMILES string of the molecule is N#CC(=CNc1ccccc1)c1nc(-c2ccccc2)cs1. The fourth-order valence-electron chi connectivity index (χ4n) is 1.97. The van der Waals surface area contributed by atoms with Crippen molar-refractivity contribution in [2.75, 3.05) is 5.32 Å². The molecule has 0 aliphatic carbocycles. The van der Waals surface area contributed by atoms with Crippen LogP contribution in [0.15, 0.2) is 72.2 Å². The Bertz CT molecular complexity index is 814. The molecule has 1 heterocycles. The predicted octanol–water partition coefficient (Wildman–Crippen LogP) is 4.79. The number of nitrogens with zero attached hydrogens (tertiary/aromatic N) is 2. The van der Waals surface area contributed by atoms with Crippen LogP contribution in [-0.4, -0.2) is 4.98 Å². The van der Waals surface area contributed by atoms with E-state index in [1.54, 1.807) is 6.20 Å². The largest absolute Gasteiger partial charge is 0.360 e. The Kier molecular flexibility index (Phi) is 4.28. The van der Waals surface area contributed by atoms with E-state index in [0.717, 1.165) is 16.9 Å². The van der Waals surface area contributed by atoms with Gasteiger partial charge in [-0.3, -0.25) is 0 Å². The summed E-state index contributed by atoms with van der Waals surface area (Å²) in [6.45, 7) is 0. The highest BCUT2D eigenvalue weighted by molar-refractivity contribution is 7.11. The molecule has 0 unspecified atom stereocenters. The average Bonchev–Trinajstić information content (AvgIpc) is 3.07. The molecule has 0 aliphatic heterocycles. The van der Waals surface area contributed by atoms with Crippen LogP contribution in [-0.2, 0) is 0 Å². The molecule has 1 aromatic heterocycles. The smallest absolute Gasteiger partial charge is 0.136 e. The zero-order valence-corrected chi connectivity index (χ0v) is 12.5. The minimum atomic E-state index is 0.524. The van der Waals surface area contributed by atoms with E-state index in [2.05, 4.69) is 16.4 Å². The maximum atomic E-state index is 9.35. The monoisotopic (exact) mass is 303 g/mol. The Hall–Kier alpha value is -2.90. The van der Waals surface area contributed by atoms with E-state index in [0.29, 0.717) is 10.6 Å². The average molecular weight is 303 g/mol. The first-order chi connectivity index (χ1) is 10.9. The molecule has 0 bridgehead atoms. The lowest BCUT2D eigenvalue weighted by Crippen LogP contribution is -1.90. The van der Waals surface area contributed by atoms with Gasteiger partial charge in [0.1, 0.15) is 16.6 Å². The summed E-state index contributed by atoms with van der Waals surface area (Å²) in [5, 5.41) is 15.2. The summed E-state index contributed by atoms with van der Waals surface area (Å²) in [5.74, 6) is 0. The quantitative estimate of drug-likeness (QED) is 0.705. The zero-order valence-electron chi connectivity index (χ0n) is 11.7. The van der Waals surface area contributed by atoms with E-state index in [-0.39, 0.29) is 0 Å². The number of rotatable bonds is 4. The molecule has 106 valence electrons. The van der Waals surface area contributed by atoms with Crippen LogP contribution < -0.4 is 5.32 Å². The second-order valence-electron chi connectivity index (χ2n) is 4.58. The first-order valence-electron chi connectivity index (χ1n) is 6.80. The van der Waals surface area contributed by atoms with Crippen LogP contribution >= 0.6 is 11.3 Å². The highest BCUT2D eigenvalue weighted by Gasteiger charge is 2.08. The van der Waals surface area contributed by atoms with Crippen molar-refractivity contribution in [1.82, 2.24) is 4.98 Å². The van der Waals surface area contributed by atoms with Gasteiger partial charge in [0, 0.05) is 22.8 Å². The maximum Gasteiger partial charge on any atom is 0.136 e. The van der Waals surface area contributed by atoms with Gasteiger partial charge >= 0.3 is 0 Å². The molecule has 3 rings (SSSR count). The Balaban J connectivity index is 1.83. The van der Waals surface area contributed by atoms with Gasteiger partial charge in [-0.25, -0.2) is 4.98 Å². The molecule has 3 nitrogen and oxygen atoms in total. The van der Waals surface area contributed by atoms with Crippen LogP contribution in [0.5, 0.6) is 0 Å². The second-order valence-corrected chi connectivity index (χ2v) is 5.44. The van der Waals surface area contributed by atoms with E-state index in [4.69, 9.17) is 0 Å². The van der Waals surface area contributed by atoms with Crippen LogP contribution in [0.3, 0.4) is 0 Å². The standard InChI is InChI=1S/C18H13N3S/c19-11-15(12-20-16-9-5-2-6-10-16)18-21-17(13-22-18)14-7-3-1-4-8-14/h1-10,12-13,20H. The summed E-state index contributed by atoms with van der Waals surface area (Å²) in [5.41, 5.74) is 3.41. The number of hydrogen-bond acceptors (Lipinski definition) is 4. The zero-order chi connectivity index (χ0) is 15.2. The molecule has 0 saturated carbocycles. The normalized spacial score (nSPS) is 11.0. The summed E-state index contributed by atoms with van der Waals surface area (Å²) in [7, 11) is 0. The molecule has 0 fully saturated rings. The predicted molar refractivity (Wildman–Crippen MR) is 91.2 cm³/mol. The fourth-order valence-corrected chi connectivity index (χ4v) is 2.77. The number of hydrogen-bond donors (Lipinski definition) is 1. The van der Waals surface area contributed by atoms with E-state index in [9.17, 15) is 5.26 Å². The first kappa shape index (κ1) is 14.1. The molecular formula is C18H13N3S. The van der Waals surface area contributed by atoms with Crippen LogP contribution in [0.1, 0.15) is 5.01 Å². The molecule has 22 heavy (non-hydrogen) atoms. The van der Waals surface area contributed by atoms with Gasteiger partial charge < -0.3 is 5.32 Å². The number of benzene rings is 2. The summed E-state index contributed by atoms with van der Waals surface area (Å²) in [6, 6.07) is 21.9. The Labute approximate surface area is 133 Å². The molecule has 3 aromatic rings. The number of thiazole rings is 1. The van der Waals surface area contributed by atoms with Gasteiger partial charge in [-0.05, 0) is 12.1 Å². The topological polar surface area (TPSA) is 48.7 Å². The van der Waals surface area contributed by atoms with Crippen molar-refractivity contribution < 1.29 is 0 Å². The van der Waals surface area contributed by atoms with Crippen molar-refractivity contribution in [2.24, 2.45) is 0 Å². The molecule has 0 atom stereocenters. The Morgan fingerprint density at radius 1 is 1.05 bits per heavy atom. The van der Waals surface area contributed by atoms with Gasteiger partial charge in [0.25, 0.3) is 0 Å². The summed E-state index contributed by atoms with van der Waals surface area (Å²) in [6.07, 6.45) is 1.70. The highest BCUT2D eigenvalue weighted by atomic mass is 32.1. The van der Waals surface area contributed by atoms with E-state index < -0.39 is 0 Å². The van der Waals surface area contributed by atoms with Crippen molar-refractivity contribution in [3.63, 3.8) is 0 Å². The van der Waals surface area contributed by atoms with E-state index in [1.165, 1.54) is 11.3 Å². The Morgan fingerprint density at radius 2 is 1.73 bits per heavy atom. The highest BCUT2D eigenvalue weighted by Crippen LogP contribution is 2.25. The first-order valence-corrected chi connectivity index (χ1v) is 7.68. The minimum absolute atomic E-state index is 0.524. The van der Waals surface area contributed by atoms with Crippen molar-refractivity contribution >= 4 is 22.6 Å². The van der Waals surface area contributed by atoms with Gasteiger partial charge in [-0.15, -0.1) is 11.3 Å². The fraction of sp³-hybridized carbons (Fsp3) is 0. The number of para-hydroxylation sites is 1. The Morgan fingerprint density at radius 3 is 2.41 bits per heavy atom. The van der Waals surface area contributed by atoms with Crippen molar-refractivity contribution in [2.45, 2.75) is 0 Å². The molecule has 4 heteroatoms. The van der Waals surface area contributed by atoms with Crippen LogP contribution in [0, 0.1) is 11.3 Å². The second kappa shape index (κ2) is 6.70. The van der Waals surface area contributed by atoms with Crippen LogP contribution in [0.2, 0.25) is 0 Å². The number of allylic oxidation sites excluding steroid dienone is 1. The van der Waals surface area contributed by atoms with Gasteiger partial charge in [0.05, 0.1) is 5.69 Å². The summed E-state index contributed by atoms with van der Waals surface area (Å²) in [4.78, 5) is 4.55.